The van der Waals surface area contributed by atoms with Gasteiger partial charge < -0.3 is 14.9 Å². The Bertz CT molecular complexity index is 414. The van der Waals surface area contributed by atoms with Gasteiger partial charge in [-0.2, -0.15) is 0 Å². The third-order valence-corrected chi connectivity index (χ3v) is 4.03. The van der Waals surface area contributed by atoms with Crippen LogP contribution in [0.25, 0.3) is 0 Å². The second-order valence-corrected chi connectivity index (χ2v) is 5.24. The average Bonchev–Trinajstić information content (AvgIpc) is 2.46. The minimum absolute atomic E-state index is 0.390. The zero-order valence-electron chi connectivity index (χ0n) is 12.3. The minimum atomic E-state index is -0.390. The van der Waals surface area contributed by atoms with Gasteiger partial charge in [0.25, 0.3) is 0 Å². The molecule has 1 aliphatic heterocycles. The number of pyridine rings is 1. The largest absolute Gasteiger partial charge is 0.388 e. The van der Waals surface area contributed by atoms with Crippen LogP contribution in [0, 0.1) is 6.92 Å². The van der Waals surface area contributed by atoms with Gasteiger partial charge in [0.2, 0.25) is 0 Å². The van der Waals surface area contributed by atoms with Gasteiger partial charge in [0.05, 0.1) is 6.10 Å². The second-order valence-electron chi connectivity index (χ2n) is 5.24. The van der Waals surface area contributed by atoms with E-state index >= 15 is 0 Å². The predicted octanol–water partition coefficient (Wildman–Crippen LogP) is 1.98. The maximum atomic E-state index is 9.92. The summed E-state index contributed by atoms with van der Waals surface area (Å²) in [5.41, 5.74) is 2.09. The lowest BCUT2D eigenvalue weighted by Crippen LogP contribution is -2.46. The molecule has 2 heterocycles. The van der Waals surface area contributed by atoms with Crippen molar-refractivity contribution in [2.45, 2.75) is 33.3 Å². The van der Waals surface area contributed by atoms with E-state index in [1.54, 1.807) is 0 Å². The monoisotopic (exact) mass is 263 g/mol. The summed E-state index contributed by atoms with van der Waals surface area (Å²) in [5.74, 6) is 1.04. The van der Waals surface area contributed by atoms with Crippen molar-refractivity contribution in [2.75, 3.05) is 37.6 Å². The molecular weight excluding hydrogens is 238 g/mol. The molecule has 106 valence electrons. The van der Waals surface area contributed by atoms with Crippen molar-refractivity contribution in [3.63, 3.8) is 0 Å². The quantitative estimate of drug-likeness (QED) is 0.901. The Morgan fingerprint density at radius 1 is 1.26 bits per heavy atom. The van der Waals surface area contributed by atoms with Crippen molar-refractivity contribution in [1.82, 2.24) is 9.88 Å². The normalized spacial score (nSPS) is 18.6. The molecule has 0 aliphatic carbocycles. The third-order valence-electron chi connectivity index (χ3n) is 4.03. The number of piperazine rings is 1. The number of aliphatic hydroxyl groups excluding tert-OH is 1. The number of anilines is 1. The highest BCUT2D eigenvalue weighted by atomic mass is 16.3. The number of aliphatic hydroxyl groups is 1. The van der Waals surface area contributed by atoms with Gasteiger partial charge >= 0.3 is 0 Å². The molecule has 0 amide bonds. The Kier molecular flexibility index (Phi) is 4.77. The van der Waals surface area contributed by atoms with Crippen molar-refractivity contribution in [3.05, 3.63) is 23.4 Å². The molecule has 0 saturated carbocycles. The molecule has 0 spiro atoms. The molecule has 1 aromatic rings. The van der Waals surface area contributed by atoms with Gasteiger partial charge in [-0.05, 0) is 31.5 Å². The molecule has 4 heteroatoms. The van der Waals surface area contributed by atoms with Crippen molar-refractivity contribution in [2.24, 2.45) is 0 Å². The number of hydrogen-bond acceptors (Lipinski definition) is 4. The van der Waals surface area contributed by atoms with Crippen LogP contribution in [-0.2, 0) is 0 Å². The molecule has 1 fully saturated rings. The lowest BCUT2D eigenvalue weighted by Gasteiger charge is -2.35. The minimum Gasteiger partial charge on any atom is -0.388 e. The van der Waals surface area contributed by atoms with Crippen molar-refractivity contribution in [1.29, 1.82) is 0 Å². The van der Waals surface area contributed by atoms with E-state index in [0.717, 1.165) is 56.1 Å². The predicted molar refractivity (Wildman–Crippen MR) is 78.6 cm³/mol. The van der Waals surface area contributed by atoms with Crippen LogP contribution < -0.4 is 4.90 Å². The maximum Gasteiger partial charge on any atom is 0.128 e. The number of aromatic nitrogens is 1. The number of rotatable bonds is 4. The van der Waals surface area contributed by atoms with Crippen LogP contribution in [0.2, 0.25) is 0 Å². The highest BCUT2D eigenvalue weighted by molar-refractivity contribution is 5.44. The lowest BCUT2D eigenvalue weighted by molar-refractivity contribution is 0.172. The number of hydrogen-bond donors (Lipinski definition) is 1. The summed E-state index contributed by atoms with van der Waals surface area (Å²) >= 11 is 0. The molecule has 1 aromatic heterocycles. The lowest BCUT2D eigenvalue weighted by atomic mass is 10.0. The fourth-order valence-corrected chi connectivity index (χ4v) is 2.59. The smallest absolute Gasteiger partial charge is 0.128 e. The van der Waals surface area contributed by atoms with E-state index in [-0.39, 0.29) is 0 Å². The summed E-state index contributed by atoms with van der Waals surface area (Å²) in [4.78, 5) is 9.32. The Balaban J connectivity index is 2.08. The molecule has 0 unspecified atom stereocenters. The summed E-state index contributed by atoms with van der Waals surface area (Å²) in [5, 5.41) is 9.92. The van der Waals surface area contributed by atoms with Crippen LogP contribution in [0.4, 0.5) is 5.82 Å². The molecule has 19 heavy (non-hydrogen) atoms. The van der Waals surface area contributed by atoms with Crippen LogP contribution in [-0.4, -0.2) is 47.7 Å². The summed E-state index contributed by atoms with van der Waals surface area (Å²) in [6.07, 6.45) is 2.18. The molecule has 0 bridgehead atoms. The van der Waals surface area contributed by atoms with E-state index in [0.29, 0.717) is 0 Å². The average molecular weight is 263 g/mol. The second kappa shape index (κ2) is 6.35. The van der Waals surface area contributed by atoms with Gasteiger partial charge in [-0.1, -0.05) is 13.8 Å². The maximum absolute atomic E-state index is 9.92. The third kappa shape index (κ3) is 3.25. The van der Waals surface area contributed by atoms with Crippen LogP contribution in [0.3, 0.4) is 0 Å². The van der Waals surface area contributed by atoms with Crippen LogP contribution >= 0.6 is 0 Å². The van der Waals surface area contributed by atoms with Gasteiger partial charge in [-0.15, -0.1) is 0 Å². The van der Waals surface area contributed by atoms with Gasteiger partial charge in [-0.3, -0.25) is 0 Å². The fourth-order valence-electron chi connectivity index (χ4n) is 2.59. The van der Waals surface area contributed by atoms with Crippen molar-refractivity contribution < 1.29 is 5.11 Å². The molecule has 0 aromatic carbocycles. The zero-order valence-corrected chi connectivity index (χ0v) is 12.3. The first-order chi connectivity index (χ1) is 9.15. The van der Waals surface area contributed by atoms with Crippen LogP contribution in [0.1, 0.15) is 37.5 Å². The van der Waals surface area contributed by atoms with Gasteiger partial charge in [0, 0.05) is 37.9 Å². The fraction of sp³-hybridized carbons (Fsp3) is 0.667. The molecule has 1 atom stereocenters. The molecule has 0 radical (unpaired) electrons. The van der Waals surface area contributed by atoms with E-state index in [1.807, 2.05) is 13.1 Å². The Hall–Kier alpha value is -1.13. The Morgan fingerprint density at radius 3 is 2.47 bits per heavy atom. The van der Waals surface area contributed by atoms with Crippen LogP contribution in [0.15, 0.2) is 12.3 Å². The summed E-state index contributed by atoms with van der Waals surface area (Å²) < 4.78 is 0. The standard InChI is InChI=1S/C15H25N3O/c1-4-14(19)13-11-16-15(10-12(13)3)18-8-6-17(5-2)7-9-18/h10-11,14,19H,4-9H2,1-3H3/t14-/m1/s1. The van der Waals surface area contributed by atoms with Crippen molar-refractivity contribution in [3.8, 4) is 0 Å². The molecule has 1 aliphatic rings. The highest BCUT2D eigenvalue weighted by Gasteiger charge is 2.18. The van der Waals surface area contributed by atoms with Crippen molar-refractivity contribution >= 4 is 5.82 Å². The van der Waals surface area contributed by atoms with E-state index < -0.39 is 6.10 Å². The number of aryl methyl sites for hydroxylation is 1. The van der Waals surface area contributed by atoms with Crippen LogP contribution in [0.5, 0.6) is 0 Å². The molecule has 2 rings (SSSR count). The van der Waals surface area contributed by atoms with E-state index in [1.165, 1.54) is 0 Å². The van der Waals surface area contributed by atoms with E-state index in [4.69, 9.17) is 0 Å². The summed E-state index contributed by atoms with van der Waals surface area (Å²) in [7, 11) is 0. The first-order valence-electron chi connectivity index (χ1n) is 7.27. The molecular formula is C15H25N3O. The SMILES string of the molecule is CC[C@@H](O)c1cnc(N2CCN(CC)CC2)cc1C. The van der Waals surface area contributed by atoms with E-state index in [9.17, 15) is 5.11 Å². The highest BCUT2D eigenvalue weighted by Crippen LogP contribution is 2.23. The van der Waals surface area contributed by atoms with E-state index in [2.05, 4.69) is 34.7 Å². The number of likely N-dealkylation sites (N-methyl/N-ethyl adjacent to an activating group) is 1. The molecule has 1 saturated heterocycles. The Morgan fingerprint density at radius 2 is 1.95 bits per heavy atom. The first kappa shape index (κ1) is 14.3. The Labute approximate surface area is 116 Å². The number of nitrogens with zero attached hydrogens (tertiary/aromatic N) is 3. The first-order valence-corrected chi connectivity index (χ1v) is 7.27. The van der Waals surface area contributed by atoms with Gasteiger partial charge in [0.1, 0.15) is 5.82 Å². The summed E-state index contributed by atoms with van der Waals surface area (Å²) in [6, 6.07) is 2.11. The van der Waals surface area contributed by atoms with Gasteiger partial charge in [0.15, 0.2) is 0 Å². The van der Waals surface area contributed by atoms with Gasteiger partial charge in [-0.25, -0.2) is 4.98 Å². The molecule has 1 N–H and O–H groups in total. The topological polar surface area (TPSA) is 39.6 Å². The molecule has 4 nitrogen and oxygen atoms in total. The summed E-state index contributed by atoms with van der Waals surface area (Å²) in [6.45, 7) is 11.7. The zero-order chi connectivity index (χ0) is 13.8.